The van der Waals surface area contributed by atoms with E-state index in [0.717, 1.165) is 51.4 Å². The van der Waals surface area contributed by atoms with Gasteiger partial charge in [-0.2, -0.15) is 0 Å². The van der Waals surface area contributed by atoms with Gasteiger partial charge in [0, 0.05) is 6.42 Å². The molecule has 314 valence electrons. The van der Waals surface area contributed by atoms with E-state index in [9.17, 15) is 15.0 Å². The third-order valence-electron chi connectivity index (χ3n) is 10.5. The topological polar surface area (TPSA) is 69.6 Å². The Hall–Kier alpha value is -1.91. The molecular formula is C50H91NO3. The van der Waals surface area contributed by atoms with Crippen molar-refractivity contribution in [1.29, 1.82) is 0 Å². The van der Waals surface area contributed by atoms with Crippen LogP contribution in [0.15, 0.2) is 60.8 Å². The summed E-state index contributed by atoms with van der Waals surface area (Å²) in [5.74, 6) is -0.0672. The predicted molar refractivity (Wildman–Crippen MR) is 239 cm³/mol. The molecule has 2 atom stereocenters. The minimum atomic E-state index is -0.835. The maximum atomic E-state index is 12.3. The zero-order valence-corrected chi connectivity index (χ0v) is 36.0. The van der Waals surface area contributed by atoms with E-state index in [1.54, 1.807) is 6.08 Å². The van der Waals surface area contributed by atoms with E-state index in [1.807, 2.05) is 6.08 Å². The molecule has 0 fully saturated rings. The van der Waals surface area contributed by atoms with Crippen molar-refractivity contribution in [1.82, 2.24) is 5.32 Å². The van der Waals surface area contributed by atoms with Crippen LogP contribution in [-0.4, -0.2) is 34.9 Å². The molecule has 0 aromatic rings. The van der Waals surface area contributed by atoms with Crippen LogP contribution in [0.25, 0.3) is 0 Å². The monoisotopic (exact) mass is 754 g/mol. The smallest absolute Gasteiger partial charge is 0.220 e. The lowest BCUT2D eigenvalue weighted by molar-refractivity contribution is -0.123. The fourth-order valence-electron chi connectivity index (χ4n) is 6.93. The van der Waals surface area contributed by atoms with Gasteiger partial charge >= 0.3 is 0 Å². The largest absolute Gasteiger partial charge is 0.394 e. The van der Waals surface area contributed by atoms with Crippen molar-refractivity contribution < 1.29 is 15.0 Å². The van der Waals surface area contributed by atoms with E-state index >= 15 is 0 Å². The van der Waals surface area contributed by atoms with Crippen LogP contribution < -0.4 is 5.32 Å². The first-order chi connectivity index (χ1) is 26.7. The summed E-state index contributed by atoms with van der Waals surface area (Å²) in [6.07, 6.45) is 63.8. The van der Waals surface area contributed by atoms with E-state index < -0.39 is 12.1 Å². The molecule has 0 aromatic heterocycles. The summed E-state index contributed by atoms with van der Waals surface area (Å²) in [6, 6.07) is -0.618. The number of amides is 1. The summed E-state index contributed by atoms with van der Waals surface area (Å²) < 4.78 is 0. The maximum Gasteiger partial charge on any atom is 0.220 e. The van der Waals surface area contributed by atoms with Crippen LogP contribution in [0, 0.1) is 0 Å². The third-order valence-corrected chi connectivity index (χ3v) is 10.5. The molecule has 0 aliphatic rings. The van der Waals surface area contributed by atoms with Crippen molar-refractivity contribution in [3.63, 3.8) is 0 Å². The fraction of sp³-hybridized carbons (Fsp3) is 0.780. The zero-order valence-electron chi connectivity index (χ0n) is 36.0. The van der Waals surface area contributed by atoms with Crippen molar-refractivity contribution in [2.45, 2.75) is 244 Å². The standard InChI is InChI=1S/C50H91NO3/c1-3-5-7-9-11-12-13-14-15-16-17-18-19-20-21-22-23-24-25-26-27-28-29-30-31-32-33-34-35-36-37-38-40-42-44-46-50(54)51-48(47-52)49(53)45-43-41-39-10-8-6-4-2/h5,7,11-12,14-15,17-18,43,45,48-49,52-53H,3-4,6,8-10,13,16,19-42,44,46-47H2,1-2H3,(H,51,54)/b7-5-,12-11-,15-14-,18-17-,45-43+. The van der Waals surface area contributed by atoms with E-state index in [4.69, 9.17) is 0 Å². The first kappa shape index (κ1) is 52.1. The summed E-state index contributed by atoms with van der Waals surface area (Å²) in [6.45, 7) is 4.14. The minimum absolute atomic E-state index is 0.0672. The SMILES string of the molecule is CC/C=C\C/C=C\C/C=C\C/C=C\CCCCCCCCCCCCCCCCCCCCCCCCC(=O)NC(CO)C(O)/C=C/CCCCCCC. The van der Waals surface area contributed by atoms with Crippen molar-refractivity contribution in [2.24, 2.45) is 0 Å². The molecule has 0 radical (unpaired) electrons. The van der Waals surface area contributed by atoms with Crippen LogP contribution in [0.5, 0.6) is 0 Å². The van der Waals surface area contributed by atoms with Gasteiger partial charge in [-0.3, -0.25) is 4.79 Å². The van der Waals surface area contributed by atoms with Crippen LogP contribution in [-0.2, 0) is 4.79 Å². The van der Waals surface area contributed by atoms with Crippen LogP contribution >= 0.6 is 0 Å². The van der Waals surface area contributed by atoms with Gasteiger partial charge in [0.15, 0.2) is 0 Å². The number of hydrogen-bond donors (Lipinski definition) is 3. The second-order valence-electron chi connectivity index (χ2n) is 15.8. The van der Waals surface area contributed by atoms with Crippen LogP contribution in [0.1, 0.15) is 232 Å². The van der Waals surface area contributed by atoms with Gasteiger partial charge in [0.25, 0.3) is 0 Å². The number of hydrogen-bond acceptors (Lipinski definition) is 3. The molecule has 0 aromatic carbocycles. The lowest BCUT2D eigenvalue weighted by Crippen LogP contribution is -2.45. The first-order valence-electron chi connectivity index (χ1n) is 23.5. The van der Waals surface area contributed by atoms with Gasteiger partial charge < -0.3 is 15.5 Å². The minimum Gasteiger partial charge on any atom is -0.394 e. The average Bonchev–Trinajstić information content (AvgIpc) is 3.18. The first-order valence-corrected chi connectivity index (χ1v) is 23.5. The Morgan fingerprint density at radius 1 is 0.463 bits per heavy atom. The van der Waals surface area contributed by atoms with Crippen LogP contribution in [0.3, 0.4) is 0 Å². The highest BCUT2D eigenvalue weighted by molar-refractivity contribution is 5.76. The molecule has 0 bridgehead atoms. The summed E-state index contributed by atoms with van der Waals surface area (Å²) in [5, 5.41) is 22.8. The molecule has 0 saturated carbocycles. The fourth-order valence-corrected chi connectivity index (χ4v) is 6.93. The van der Waals surface area contributed by atoms with Crippen molar-refractivity contribution in [2.75, 3.05) is 6.61 Å². The molecule has 2 unspecified atom stereocenters. The van der Waals surface area contributed by atoms with Crippen molar-refractivity contribution >= 4 is 5.91 Å². The molecular weight excluding hydrogens is 663 g/mol. The van der Waals surface area contributed by atoms with Crippen LogP contribution in [0.2, 0.25) is 0 Å². The highest BCUT2D eigenvalue weighted by Crippen LogP contribution is 2.16. The summed E-state index contributed by atoms with van der Waals surface area (Å²) >= 11 is 0. The maximum absolute atomic E-state index is 12.3. The van der Waals surface area contributed by atoms with Gasteiger partial charge in [-0.25, -0.2) is 0 Å². The predicted octanol–water partition coefficient (Wildman–Crippen LogP) is 14.9. The molecule has 3 N–H and O–H groups in total. The van der Waals surface area contributed by atoms with Crippen LogP contribution in [0.4, 0.5) is 0 Å². The molecule has 0 aliphatic heterocycles. The molecule has 1 amide bonds. The van der Waals surface area contributed by atoms with Gasteiger partial charge in [-0.15, -0.1) is 0 Å². The Balaban J connectivity index is 3.38. The van der Waals surface area contributed by atoms with E-state index in [0.29, 0.717) is 6.42 Å². The highest BCUT2D eigenvalue weighted by atomic mass is 16.3. The average molecular weight is 754 g/mol. The van der Waals surface area contributed by atoms with Gasteiger partial charge in [-0.1, -0.05) is 229 Å². The number of rotatable bonds is 42. The number of aliphatic hydroxyl groups excluding tert-OH is 2. The van der Waals surface area contributed by atoms with E-state index in [1.165, 1.54) is 161 Å². The number of allylic oxidation sites excluding steroid dienone is 9. The molecule has 54 heavy (non-hydrogen) atoms. The second kappa shape index (κ2) is 45.5. The van der Waals surface area contributed by atoms with Crippen molar-refractivity contribution in [3.05, 3.63) is 60.8 Å². The molecule has 4 heteroatoms. The molecule has 0 aliphatic carbocycles. The van der Waals surface area contributed by atoms with Gasteiger partial charge in [0.1, 0.15) is 0 Å². The zero-order chi connectivity index (χ0) is 39.3. The Kier molecular flexibility index (Phi) is 43.9. The molecule has 0 spiro atoms. The molecule has 0 rings (SSSR count). The lowest BCUT2D eigenvalue weighted by atomic mass is 10.0. The normalized spacial score (nSPS) is 13.5. The number of nitrogens with one attached hydrogen (secondary N) is 1. The van der Waals surface area contributed by atoms with Gasteiger partial charge in [-0.05, 0) is 57.8 Å². The van der Waals surface area contributed by atoms with E-state index in [-0.39, 0.29) is 12.5 Å². The van der Waals surface area contributed by atoms with Crippen molar-refractivity contribution in [3.8, 4) is 0 Å². The quantitative estimate of drug-likeness (QED) is 0.0429. The molecule has 4 nitrogen and oxygen atoms in total. The highest BCUT2D eigenvalue weighted by Gasteiger charge is 2.17. The number of carbonyl (C=O) groups is 1. The van der Waals surface area contributed by atoms with Gasteiger partial charge in [0.05, 0.1) is 18.8 Å². The third kappa shape index (κ3) is 41.3. The molecule has 0 saturated heterocycles. The summed E-state index contributed by atoms with van der Waals surface area (Å²) in [4.78, 5) is 12.3. The Morgan fingerprint density at radius 3 is 1.22 bits per heavy atom. The number of aliphatic hydroxyl groups is 2. The molecule has 0 heterocycles. The van der Waals surface area contributed by atoms with E-state index in [2.05, 4.69) is 67.8 Å². The Morgan fingerprint density at radius 2 is 0.815 bits per heavy atom. The summed E-state index contributed by atoms with van der Waals surface area (Å²) in [7, 11) is 0. The Labute approximate surface area is 336 Å². The number of carbonyl (C=O) groups excluding carboxylic acids is 1. The second-order valence-corrected chi connectivity index (χ2v) is 15.8. The summed E-state index contributed by atoms with van der Waals surface area (Å²) in [5.41, 5.74) is 0. The Bertz CT molecular complexity index is 904. The van der Waals surface area contributed by atoms with Gasteiger partial charge in [0.2, 0.25) is 5.91 Å². The number of unbranched alkanes of at least 4 members (excludes halogenated alkanes) is 27. The lowest BCUT2D eigenvalue weighted by Gasteiger charge is -2.20.